The van der Waals surface area contributed by atoms with E-state index in [0.717, 1.165) is 12.8 Å². The molecule has 10 heavy (non-hydrogen) atoms. The van der Waals surface area contributed by atoms with E-state index in [4.69, 9.17) is 10.5 Å². The molecule has 1 saturated carbocycles. The molecular formula is C6H10N2O2. The first kappa shape index (κ1) is 5.97. The Bertz CT molecular complexity index is 183. The van der Waals surface area contributed by atoms with Gasteiger partial charge in [0.1, 0.15) is 5.60 Å². The maximum absolute atomic E-state index is 10.6. The first-order chi connectivity index (χ1) is 4.73. The molecule has 2 fully saturated rings. The van der Waals surface area contributed by atoms with Crippen LogP contribution in [-0.2, 0) is 4.74 Å². The molecule has 4 nitrogen and oxygen atoms in total. The predicted octanol–water partition coefficient (Wildman–Crippen LogP) is -0.414. The third kappa shape index (κ3) is 0.568. The number of ether oxygens (including phenoxy) is 1. The smallest absolute Gasteiger partial charge is 0.407 e. The summed E-state index contributed by atoms with van der Waals surface area (Å²) in [7, 11) is 0. The maximum atomic E-state index is 10.6. The molecule has 56 valence electrons. The van der Waals surface area contributed by atoms with Crippen LogP contribution < -0.4 is 11.1 Å². The molecule has 2 aliphatic rings. The van der Waals surface area contributed by atoms with E-state index in [1.165, 1.54) is 0 Å². The normalized spacial score (nSPS) is 44.5. The molecule has 2 unspecified atom stereocenters. The van der Waals surface area contributed by atoms with Crippen molar-refractivity contribution in [2.45, 2.75) is 24.5 Å². The molecule has 1 aliphatic heterocycles. The molecule has 0 aromatic heterocycles. The quantitative estimate of drug-likeness (QED) is 0.483. The molecule has 2 rings (SSSR count). The van der Waals surface area contributed by atoms with Gasteiger partial charge in [-0.15, -0.1) is 0 Å². The number of carbonyl (C=O) groups excluding carboxylic acids is 1. The minimum Gasteiger partial charge on any atom is -0.439 e. The van der Waals surface area contributed by atoms with Gasteiger partial charge in [0.15, 0.2) is 0 Å². The predicted molar refractivity (Wildman–Crippen MR) is 34.4 cm³/mol. The number of carbonyl (C=O) groups is 1. The lowest BCUT2D eigenvalue weighted by molar-refractivity contribution is -0.0269. The van der Waals surface area contributed by atoms with Gasteiger partial charge in [-0.3, -0.25) is 0 Å². The van der Waals surface area contributed by atoms with Crippen LogP contribution in [0, 0.1) is 0 Å². The molecule has 0 aromatic rings. The van der Waals surface area contributed by atoms with Crippen molar-refractivity contribution in [2.24, 2.45) is 5.73 Å². The summed E-state index contributed by atoms with van der Waals surface area (Å²) in [6.45, 7) is 0.590. The van der Waals surface area contributed by atoms with Crippen LogP contribution in [0.15, 0.2) is 0 Å². The van der Waals surface area contributed by atoms with Crippen LogP contribution in [-0.4, -0.2) is 24.3 Å². The van der Waals surface area contributed by atoms with E-state index >= 15 is 0 Å². The van der Waals surface area contributed by atoms with Gasteiger partial charge in [-0.25, -0.2) is 4.79 Å². The second-order valence-corrected chi connectivity index (χ2v) is 2.95. The minimum absolute atomic E-state index is 0.0476. The minimum atomic E-state index is -0.336. The zero-order valence-corrected chi connectivity index (χ0v) is 5.59. The first-order valence-electron chi connectivity index (χ1n) is 3.45. The topological polar surface area (TPSA) is 64.3 Å². The summed E-state index contributed by atoms with van der Waals surface area (Å²) < 4.78 is 5.02. The third-order valence-corrected chi connectivity index (χ3v) is 2.38. The lowest BCUT2D eigenvalue weighted by atomic mass is 9.75. The zero-order chi connectivity index (χ0) is 7.19. The van der Waals surface area contributed by atoms with Gasteiger partial charge >= 0.3 is 6.09 Å². The largest absolute Gasteiger partial charge is 0.439 e. The van der Waals surface area contributed by atoms with Gasteiger partial charge in [-0.2, -0.15) is 0 Å². The van der Waals surface area contributed by atoms with Crippen LogP contribution in [0.4, 0.5) is 4.79 Å². The summed E-state index contributed by atoms with van der Waals surface area (Å²) in [4.78, 5) is 10.6. The standard InChI is InChI=1S/C6H10N2O2/c7-4-1-2-6(4)3-8-5(9)10-6/h4H,1-3,7H2,(H,8,9). The molecule has 2 atom stereocenters. The van der Waals surface area contributed by atoms with Gasteiger partial charge in [0, 0.05) is 6.04 Å². The lowest BCUT2D eigenvalue weighted by Gasteiger charge is -2.41. The molecule has 1 saturated heterocycles. The zero-order valence-electron chi connectivity index (χ0n) is 5.59. The van der Waals surface area contributed by atoms with Gasteiger partial charge in [0.05, 0.1) is 6.54 Å². The van der Waals surface area contributed by atoms with Crippen LogP contribution in [0.2, 0.25) is 0 Å². The number of hydrogen-bond acceptors (Lipinski definition) is 3. The van der Waals surface area contributed by atoms with E-state index in [9.17, 15) is 4.79 Å². The van der Waals surface area contributed by atoms with Crippen LogP contribution in [0.1, 0.15) is 12.8 Å². The Morgan fingerprint density at radius 2 is 2.60 bits per heavy atom. The summed E-state index contributed by atoms with van der Waals surface area (Å²) in [5, 5.41) is 2.60. The van der Waals surface area contributed by atoms with Gasteiger partial charge < -0.3 is 15.8 Å². The summed E-state index contributed by atoms with van der Waals surface area (Å²) in [5.41, 5.74) is 5.33. The highest BCUT2D eigenvalue weighted by molar-refractivity contribution is 5.70. The van der Waals surface area contributed by atoms with Crippen LogP contribution >= 0.6 is 0 Å². The highest BCUT2D eigenvalue weighted by Gasteiger charge is 2.51. The van der Waals surface area contributed by atoms with Crippen molar-refractivity contribution in [3.05, 3.63) is 0 Å². The van der Waals surface area contributed by atoms with Crippen molar-refractivity contribution in [1.29, 1.82) is 0 Å². The molecule has 1 heterocycles. The van der Waals surface area contributed by atoms with Crippen LogP contribution in [0.3, 0.4) is 0 Å². The van der Waals surface area contributed by atoms with E-state index in [-0.39, 0.29) is 17.7 Å². The number of alkyl carbamates (subject to hydrolysis) is 1. The van der Waals surface area contributed by atoms with E-state index in [0.29, 0.717) is 6.54 Å². The van der Waals surface area contributed by atoms with E-state index in [1.807, 2.05) is 0 Å². The fraction of sp³-hybridized carbons (Fsp3) is 0.833. The molecule has 0 radical (unpaired) electrons. The highest BCUT2D eigenvalue weighted by atomic mass is 16.6. The maximum Gasteiger partial charge on any atom is 0.407 e. The van der Waals surface area contributed by atoms with Crippen molar-refractivity contribution in [1.82, 2.24) is 5.32 Å². The Labute approximate surface area is 58.7 Å². The van der Waals surface area contributed by atoms with Crippen LogP contribution in [0.5, 0.6) is 0 Å². The fourth-order valence-electron chi connectivity index (χ4n) is 1.46. The van der Waals surface area contributed by atoms with Crippen LogP contribution in [0.25, 0.3) is 0 Å². The molecule has 1 aliphatic carbocycles. The van der Waals surface area contributed by atoms with Gasteiger partial charge in [0.2, 0.25) is 0 Å². The first-order valence-corrected chi connectivity index (χ1v) is 3.45. The molecular weight excluding hydrogens is 132 g/mol. The van der Waals surface area contributed by atoms with Gasteiger partial charge in [-0.05, 0) is 12.8 Å². The summed E-state index contributed by atoms with van der Waals surface area (Å²) in [5.74, 6) is 0. The Morgan fingerprint density at radius 3 is 2.80 bits per heavy atom. The third-order valence-electron chi connectivity index (χ3n) is 2.38. The monoisotopic (exact) mass is 142 g/mol. The lowest BCUT2D eigenvalue weighted by Crippen LogP contribution is -2.59. The van der Waals surface area contributed by atoms with E-state index < -0.39 is 0 Å². The number of amides is 1. The van der Waals surface area contributed by atoms with Gasteiger partial charge in [-0.1, -0.05) is 0 Å². The van der Waals surface area contributed by atoms with Crippen molar-refractivity contribution in [3.8, 4) is 0 Å². The fourth-order valence-corrected chi connectivity index (χ4v) is 1.46. The van der Waals surface area contributed by atoms with E-state index in [1.54, 1.807) is 0 Å². The average Bonchev–Trinajstić information content (AvgIpc) is 2.31. The number of nitrogens with one attached hydrogen (secondary N) is 1. The Kier molecular flexibility index (Phi) is 0.976. The van der Waals surface area contributed by atoms with Crippen molar-refractivity contribution >= 4 is 6.09 Å². The number of nitrogens with two attached hydrogens (primary N) is 1. The molecule has 0 bridgehead atoms. The Hall–Kier alpha value is -0.770. The highest BCUT2D eigenvalue weighted by Crippen LogP contribution is 2.36. The molecule has 1 amide bonds. The number of hydrogen-bond donors (Lipinski definition) is 2. The number of rotatable bonds is 0. The summed E-state index contributed by atoms with van der Waals surface area (Å²) in [6.07, 6.45) is 1.55. The van der Waals surface area contributed by atoms with Crippen molar-refractivity contribution < 1.29 is 9.53 Å². The van der Waals surface area contributed by atoms with Crippen molar-refractivity contribution in [2.75, 3.05) is 6.54 Å². The second-order valence-electron chi connectivity index (χ2n) is 2.95. The molecule has 1 spiro atoms. The second kappa shape index (κ2) is 1.63. The summed E-state index contributed by atoms with van der Waals surface area (Å²) in [6, 6.07) is 0.0476. The summed E-state index contributed by atoms with van der Waals surface area (Å²) >= 11 is 0. The van der Waals surface area contributed by atoms with Gasteiger partial charge in [0.25, 0.3) is 0 Å². The average molecular weight is 142 g/mol. The van der Waals surface area contributed by atoms with E-state index in [2.05, 4.69) is 5.32 Å². The Morgan fingerprint density at radius 1 is 1.80 bits per heavy atom. The SMILES string of the molecule is NC1CCC12CNC(=O)O2. The molecule has 4 heteroatoms. The van der Waals surface area contributed by atoms with Crippen molar-refractivity contribution in [3.63, 3.8) is 0 Å². The molecule has 0 aromatic carbocycles. The Balaban J connectivity index is 2.11. The molecule has 3 N–H and O–H groups in total.